The average Bonchev–Trinajstić information content (AvgIpc) is 2.33. The van der Waals surface area contributed by atoms with Crippen LogP contribution < -0.4 is 10.9 Å². The summed E-state index contributed by atoms with van der Waals surface area (Å²) in [7, 11) is 1.57. The van der Waals surface area contributed by atoms with Crippen LogP contribution in [0.4, 0.5) is 10.1 Å². The van der Waals surface area contributed by atoms with Crippen molar-refractivity contribution in [2.75, 3.05) is 5.32 Å². The SMILES string of the molecule is Cn1cc(NC(=O)c2ccc(Br)cc2F)ccc1=O. The number of carbonyl (C=O) groups is 1. The number of nitrogens with zero attached hydrogens (tertiary/aromatic N) is 1. The first-order chi connectivity index (χ1) is 8.97. The second-order valence-corrected chi connectivity index (χ2v) is 4.86. The van der Waals surface area contributed by atoms with Crippen molar-refractivity contribution in [1.29, 1.82) is 0 Å². The fraction of sp³-hybridized carbons (Fsp3) is 0.0769. The maximum absolute atomic E-state index is 13.6. The Kier molecular flexibility index (Phi) is 3.80. The zero-order valence-electron chi connectivity index (χ0n) is 9.98. The van der Waals surface area contributed by atoms with Gasteiger partial charge in [-0.3, -0.25) is 9.59 Å². The van der Waals surface area contributed by atoms with Crippen molar-refractivity contribution in [3.63, 3.8) is 0 Å². The third-order valence-electron chi connectivity index (χ3n) is 2.52. The van der Waals surface area contributed by atoms with Gasteiger partial charge in [-0.15, -0.1) is 0 Å². The molecule has 1 aromatic heterocycles. The fourth-order valence-corrected chi connectivity index (χ4v) is 1.87. The smallest absolute Gasteiger partial charge is 0.258 e. The van der Waals surface area contributed by atoms with Gasteiger partial charge in [0.2, 0.25) is 5.56 Å². The lowest BCUT2D eigenvalue weighted by Gasteiger charge is -2.07. The van der Waals surface area contributed by atoms with E-state index in [0.717, 1.165) is 0 Å². The van der Waals surface area contributed by atoms with Crippen LogP contribution in [0.5, 0.6) is 0 Å². The highest BCUT2D eigenvalue weighted by molar-refractivity contribution is 9.10. The first-order valence-electron chi connectivity index (χ1n) is 5.40. The number of carbonyl (C=O) groups excluding carboxylic acids is 1. The van der Waals surface area contributed by atoms with Gasteiger partial charge in [0.1, 0.15) is 5.82 Å². The number of nitrogens with one attached hydrogen (secondary N) is 1. The quantitative estimate of drug-likeness (QED) is 0.922. The topological polar surface area (TPSA) is 51.1 Å². The van der Waals surface area contributed by atoms with E-state index in [2.05, 4.69) is 21.2 Å². The molecule has 2 aromatic rings. The molecule has 0 atom stereocenters. The van der Waals surface area contributed by atoms with E-state index in [4.69, 9.17) is 0 Å². The van der Waals surface area contributed by atoms with Crippen LogP contribution in [0, 0.1) is 5.82 Å². The van der Waals surface area contributed by atoms with Gasteiger partial charge in [0, 0.05) is 23.8 Å². The van der Waals surface area contributed by atoms with E-state index in [1.807, 2.05) is 0 Å². The molecule has 0 fully saturated rings. The van der Waals surface area contributed by atoms with E-state index >= 15 is 0 Å². The number of amides is 1. The molecule has 1 aromatic carbocycles. The van der Waals surface area contributed by atoms with Crippen LogP contribution in [-0.4, -0.2) is 10.5 Å². The van der Waals surface area contributed by atoms with Gasteiger partial charge in [-0.05, 0) is 24.3 Å². The maximum Gasteiger partial charge on any atom is 0.258 e. The second-order valence-electron chi connectivity index (χ2n) is 3.95. The molecule has 1 heterocycles. The molecular weight excluding hydrogens is 315 g/mol. The summed E-state index contributed by atoms with van der Waals surface area (Å²) in [5.41, 5.74) is 0.180. The molecule has 0 unspecified atom stereocenters. The zero-order valence-corrected chi connectivity index (χ0v) is 11.6. The predicted molar refractivity (Wildman–Crippen MR) is 73.7 cm³/mol. The molecule has 0 bridgehead atoms. The zero-order chi connectivity index (χ0) is 14.0. The van der Waals surface area contributed by atoms with E-state index in [1.165, 1.54) is 35.0 Å². The fourth-order valence-electron chi connectivity index (χ4n) is 1.54. The third kappa shape index (κ3) is 3.08. The minimum absolute atomic E-state index is 0.0583. The molecule has 0 saturated carbocycles. The number of hydrogen-bond acceptors (Lipinski definition) is 2. The third-order valence-corrected chi connectivity index (χ3v) is 3.01. The van der Waals surface area contributed by atoms with Crippen LogP contribution in [-0.2, 0) is 7.05 Å². The van der Waals surface area contributed by atoms with Gasteiger partial charge in [0.15, 0.2) is 0 Å². The number of halogens is 2. The van der Waals surface area contributed by atoms with Crippen LogP contribution >= 0.6 is 15.9 Å². The van der Waals surface area contributed by atoms with Crippen molar-refractivity contribution in [2.24, 2.45) is 7.05 Å². The van der Waals surface area contributed by atoms with Crippen LogP contribution in [0.15, 0.2) is 45.8 Å². The summed E-state index contributed by atoms with van der Waals surface area (Å²) in [6, 6.07) is 6.98. The summed E-state index contributed by atoms with van der Waals surface area (Å²) in [6.07, 6.45) is 1.47. The van der Waals surface area contributed by atoms with Crippen molar-refractivity contribution in [3.05, 3.63) is 62.7 Å². The first-order valence-corrected chi connectivity index (χ1v) is 6.20. The van der Waals surface area contributed by atoms with Crippen molar-refractivity contribution in [1.82, 2.24) is 4.57 Å². The van der Waals surface area contributed by atoms with Gasteiger partial charge in [0.25, 0.3) is 5.91 Å². The average molecular weight is 325 g/mol. The van der Waals surface area contributed by atoms with Gasteiger partial charge in [-0.1, -0.05) is 15.9 Å². The number of rotatable bonds is 2. The van der Waals surface area contributed by atoms with Gasteiger partial charge in [-0.25, -0.2) is 4.39 Å². The number of aryl methyl sites for hydroxylation is 1. The van der Waals surface area contributed by atoms with Crippen LogP contribution in [0.25, 0.3) is 0 Å². The van der Waals surface area contributed by atoms with Crippen LogP contribution in [0.2, 0.25) is 0 Å². The number of benzene rings is 1. The lowest BCUT2D eigenvalue weighted by atomic mass is 10.2. The molecule has 2 rings (SSSR count). The molecule has 0 aliphatic carbocycles. The molecule has 0 radical (unpaired) electrons. The Labute approximate surface area is 117 Å². The molecular formula is C13H10BrFN2O2. The molecule has 0 spiro atoms. The lowest BCUT2D eigenvalue weighted by Crippen LogP contribution is -2.18. The minimum atomic E-state index is -0.614. The highest BCUT2D eigenvalue weighted by atomic mass is 79.9. The van der Waals surface area contributed by atoms with Gasteiger partial charge >= 0.3 is 0 Å². The standard InChI is InChI=1S/C13H10BrFN2O2/c1-17-7-9(3-5-12(17)18)16-13(19)10-4-2-8(14)6-11(10)15/h2-7H,1H3,(H,16,19). The Morgan fingerprint density at radius 3 is 2.68 bits per heavy atom. The summed E-state index contributed by atoms with van der Waals surface area (Å²) in [6.45, 7) is 0. The molecule has 0 aliphatic rings. The summed E-state index contributed by atoms with van der Waals surface area (Å²) >= 11 is 3.12. The number of hydrogen-bond donors (Lipinski definition) is 1. The number of anilines is 1. The van der Waals surface area contributed by atoms with E-state index in [1.54, 1.807) is 13.1 Å². The number of aromatic nitrogens is 1. The van der Waals surface area contributed by atoms with Crippen molar-refractivity contribution in [2.45, 2.75) is 0 Å². The summed E-state index contributed by atoms with van der Waals surface area (Å²) in [5, 5.41) is 2.53. The maximum atomic E-state index is 13.6. The Morgan fingerprint density at radius 2 is 2.05 bits per heavy atom. The molecule has 19 heavy (non-hydrogen) atoms. The van der Waals surface area contributed by atoms with E-state index in [9.17, 15) is 14.0 Å². The Morgan fingerprint density at radius 1 is 1.32 bits per heavy atom. The van der Waals surface area contributed by atoms with E-state index in [-0.39, 0.29) is 11.1 Å². The van der Waals surface area contributed by atoms with Gasteiger partial charge in [0.05, 0.1) is 11.3 Å². The second kappa shape index (κ2) is 5.36. The molecule has 0 saturated heterocycles. The summed E-state index contributed by atoms with van der Waals surface area (Å²) in [5.74, 6) is -1.18. The number of pyridine rings is 1. The van der Waals surface area contributed by atoms with Gasteiger partial charge in [-0.2, -0.15) is 0 Å². The molecule has 6 heteroatoms. The highest BCUT2D eigenvalue weighted by Gasteiger charge is 2.12. The Balaban J connectivity index is 2.25. The van der Waals surface area contributed by atoms with Crippen LogP contribution in [0.1, 0.15) is 10.4 Å². The summed E-state index contributed by atoms with van der Waals surface area (Å²) < 4.78 is 15.5. The molecule has 0 aliphatic heterocycles. The van der Waals surface area contributed by atoms with Crippen molar-refractivity contribution >= 4 is 27.5 Å². The van der Waals surface area contributed by atoms with E-state index in [0.29, 0.717) is 10.2 Å². The molecule has 4 nitrogen and oxygen atoms in total. The largest absolute Gasteiger partial charge is 0.321 e. The van der Waals surface area contributed by atoms with Crippen molar-refractivity contribution in [3.8, 4) is 0 Å². The summed E-state index contributed by atoms with van der Waals surface area (Å²) in [4.78, 5) is 23.1. The Hall–Kier alpha value is -1.95. The Bertz CT molecular complexity index is 697. The predicted octanol–water partition coefficient (Wildman–Crippen LogP) is 2.54. The monoisotopic (exact) mass is 324 g/mol. The molecule has 98 valence electrons. The minimum Gasteiger partial charge on any atom is -0.321 e. The van der Waals surface area contributed by atoms with Crippen molar-refractivity contribution < 1.29 is 9.18 Å². The molecule has 1 N–H and O–H groups in total. The first kappa shape index (κ1) is 13.5. The molecule has 1 amide bonds. The normalized spacial score (nSPS) is 10.3. The lowest BCUT2D eigenvalue weighted by molar-refractivity contribution is 0.102. The van der Waals surface area contributed by atoms with E-state index < -0.39 is 11.7 Å². The highest BCUT2D eigenvalue weighted by Crippen LogP contribution is 2.16. The van der Waals surface area contributed by atoms with Crippen LogP contribution in [0.3, 0.4) is 0 Å². The van der Waals surface area contributed by atoms with Gasteiger partial charge < -0.3 is 9.88 Å².